The second-order valence-electron chi connectivity index (χ2n) is 1.10. The standard InChI is InChI=1S/C4H6NO3/c5-2-1-4(7)8-3-6/h1-2,5H2. The van der Waals surface area contributed by atoms with Gasteiger partial charge in [-0.3, -0.25) is 4.79 Å². The van der Waals surface area contributed by atoms with Gasteiger partial charge in [-0.15, -0.1) is 0 Å². The third-order valence-corrected chi connectivity index (χ3v) is 0.504. The van der Waals surface area contributed by atoms with Gasteiger partial charge in [0.25, 0.3) is 0 Å². The lowest BCUT2D eigenvalue weighted by Gasteiger charge is -1.88. The van der Waals surface area contributed by atoms with Crippen molar-refractivity contribution >= 4 is 12.4 Å². The lowest BCUT2D eigenvalue weighted by atomic mass is 10.4. The van der Waals surface area contributed by atoms with E-state index in [9.17, 15) is 9.59 Å². The Morgan fingerprint density at radius 3 is 2.75 bits per heavy atom. The number of hydrogen-bond acceptors (Lipinski definition) is 4. The Balaban J connectivity index is 3.18. The molecule has 0 bridgehead atoms. The van der Waals surface area contributed by atoms with Crippen LogP contribution in [0, 0.1) is 0 Å². The summed E-state index contributed by atoms with van der Waals surface area (Å²) < 4.78 is 3.76. The van der Waals surface area contributed by atoms with E-state index in [2.05, 4.69) is 4.74 Å². The van der Waals surface area contributed by atoms with Crippen molar-refractivity contribution in [2.75, 3.05) is 6.54 Å². The van der Waals surface area contributed by atoms with Crippen LogP contribution in [0.3, 0.4) is 0 Å². The summed E-state index contributed by atoms with van der Waals surface area (Å²) in [5.74, 6) is -0.637. The molecule has 2 N–H and O–H groups in total. The quantitative estimate of drug-likeness (QED) is 0.377. The van der Waals surface area contributed by atoms with E-state index in [0.29, 0.717) is 0 Å². The van der Waals surface area contributed by atoms with Crippen LogP contribution < -0.4 is 5.73 Å². The van der Waals surface area contributed by atoms with Crippen LogP contribution in [0.1, 0.15) is 6.42 Å². The van der Waals surface area contributed by atoms with Crippen molar-refractivity contribution < 1.29 is 14.3 Å². The van der Waals surface area contributed by atoms with Crippen LogP contribution >= 0.6 is 0 Å². The van der Waals surface area contributed by atoms with Gasteiger partial charge < -0.3 is 10.5 Å². The molecule has 45 valence electrons. The third kappa shape index (κ3) is 3.30. The molecule has 0 heterocycles. The van der Waals surface area contributed by atoms with Crippen LogP contribution in [0.25, 0.3) is 0 Å². The van der Waals surface area contributed by atoms with Crippen LogP contribution in [0.2, 0.25) is 0 Å². The molecule has 0 aromatic heterocycles. The SMILES string of the molecule is NCCC(=O)O[C]=O. The predicted molar refractivity (Wildman–Crippen MR) is 25.5 cm³/mol. The highest BCUT2D eigenvalue weighted by Gasteiger charge is 1.97. The molecule has 0 fully saturated rings. The molecule has 4 nitrogen and oxygen atoms in total. The van der Waals surface area contributed by atoms with Crippen molar-refractivity contribution in [2.45, 2.75) is 6.42 Å². The Kier molecular flexibility index (Phi) is 3.78. The largest absolute Gasteiger partial charge is 0.425 e. The maximum atomic E-state index is 10.1. The molecule has 0 aromatic rings. The fourth-order valence-corrected chi connectivity index (χ4v) is 0.215. The van der Waals surface area contributed by atoms with Crippen molar-refractivity contribution in [3.63, 3.8) is 0 Å². The van der Waals surface area contributed by atoms with Gasteiger partial charge in [-0.05, 0) is 0 Å². The molecule has 0 aromatic carbocycles. The van der Waals surface area contributed by atoms with E-state index in [0.717, 1.165) is 6.47 Å². The average Bonchev–Trinajstić information content (AvgIpc) is 1.68. The average molecular weight is 116 g/mol. The predicted octanol–water partition coefficient (Wildman–Crippen LogP) is -1.05. The van der Waals surface area contributed by atoms with Crippen molar-refractivity contribution in [1.29, 1.82) is 0 Å². The highest BCUT2D eigenvalue weighted by Crippen LogP contribution is 1.77. The summed E-state index contributed by atoms with van der Waals surface area (Å²) in [6.45, 7) is 1.19. The maximum absolute atomic E-state index is 10.1. The van der Waals surface area contributed by atoms with Gasteiger partial charge in [0.05, 0.1) is 6.42 Å². The number of esters is 1. The smallest absolute Gasteiger partial charge is 0.384 e. The maximum Gasteiger partial charge on any atom is 0.425 e. The summed E-state index contributed by atoms with van der Waals surface area (Å²) >= 11 is 0. The van der Waals surface area contributed by atoms with E-state index in [1.54, 1.807) is 0 Å². The van der Waals surface area contributed by atoms with Crippen molar-refractivity contribution in [3.8, 4) is 0 Å². The summed E-state index contributed by atoms with van der Waals surface area (Å²) in [4.78, 5) is 19.4. The molecule has 0 amide bonds. The van der Waals surface area contributed by atoms with Crippen molar-refractivity contribution in [2.24, 2.45) is 5.73 Å². The minimum atomic E-state index is -0.637. The molecular weight excluding hydrogens is 110 g/mol. The number of carbonyl (C=O) groups excluding carboxylic acids is 2. The third-order valence-electron chi connectivity index (χ3n) is 0.504. The molecule has 0 aliphatic carbocycles. The first-order valence-electron chi connectivity index (χ1n) is 2.08. The number of rotatable bonds is 3. The molecule has 8 heavy (non-hydrogen) atoms. The van der Waals surface area contributed by atoms with E-state index in [4.69, 9.17) is 5.73 Å². The fourth-order valence-electron chi connectivity index (χ4n) is 0.215. The highest BCUT2D eigenvalue weighted by atomic mass is 16.6. The van der Waals surface area contributed by atoms with Crippen LogP contribution in [-0.4, -0.2) is 19.0 Å². The minimum Gasteiger partial charge on any atom is -0.384 e. The Morgan fingerprint density at radius 2 is 2.38 bits per heavy atom. The second-order valence-corrected chi connectivity index (χ2v) is 1.10. The normalized spacial score (nSPS) is 8.12. The van der Waals surface area contributed by atoms with E-state index in [1.165, 1.54) is 0 Å². The molecule has 0 spiro atoms. The number of hydrogen-bond donors (Lipinski definition) is 1. The topological polar surface area (TPSA) is 69.4 Å². The molecule has 0 aliphatic heterocycles. The van der Waals surface area contributed by atoms with Gasteiger partial charge in [0.15, 0.2) is 0 Å². The van der Waals surface area contributed by atoms with E-state index >= 15 is 0 Å². The first kappa shape index (κ1) is 7.10. The Bertz CT molecular complexity index is 91.3. The van der Waals surface area contributed by atoms with Gasteiger partial charge in [0, 0.05) is 6.54 Å². The number of carbonyl (C=O) groups is 1. The second kappa shape index (κ2) is 4.26. The Morgan fingerprint density at radius 1 is 1.75 bits per heavy atom. The first-order valence-corrected chi connectivity index (χ1v) is 2.08. The Labute approximate surface area is 46.6 Å². The molecular formula is C4H6NO3. The van der Waals surface area contributed by atoms with Crippen LogP contribution in [0.15, 0.2) is 0 Å². The summed E-state index contributed by atoms with van der Waals surface area (Å²) in [6, 6.07) is 0. The molecule has 4 heteroatoms. The highest BCUT2D eigenvalue weighted by molar-refractivity contribution is 5.76. The zero-order valence-corrected chi connectivity index (χ0v) is 4.22. The van der Waals surface area contributed by atoms with Crippen LogP contribution in [-0.2, 0) is 14.3 Å². The van der Waals surface area contributed by atoms with Gasteiger partial charge in [0.2, 0.25) is 0 Å². The molecule has 0 saturated carbocycles. The Hall–Kier alpha value is -0.900. The van der Waals surface area contributed by atoms with Crippen molar-refractivity contribution in [3.05, 3.63) is 0 Å². The van der Waals surface area contributed by atoms with Gasteiger partial charge in [-0.1, -0.05) is 0 Å². The van der Waals surface area contributed by atoms with Gasteiger partial charge in [-0.2, -0.15) is 0 Å². The summed E-state index contributed by atoms with van der Waals surface area (Å²) in [6.07, 6.45) is 0.0647. The molecule has 0 unspecified atom stereocenters. The number of nitrogens with two attached hydrogens (primary N) is 1. The summed E-state index contributed by atoms with van der Waals surface area (Å²) in [5, 5.41) is 0. The van der Waals surface area contributed by atoms with Gasteiger partial charge >= 0.3 is 12.4 Å². The van der Waals surface area contributed by atoms with Crippen LogP contribution in [0.5, 0.6) is 0 Å². The lowest BCUT2D eigenvalue weighted by molar-refractivity contribution is -0.135. The fraction of sp³-hybridized carbons (Fsp3) is 0.500. The molecule has 0 saturated heterocycles. The summed E-state index contributed by atoms with van der Waals surface area (Å²) in [5.41, 5.74) is 4.93. The van der Waals surface area contributed by atoms with E-state index in [1.807, 2.05) is 0 Å². The number of ether oxygens (including phenoxy) is 1. The molecule has 0 rings (SSSR count). The monoisotopic (exact) mass is 116 g/mol. The van der Waals surface area contributed by atoms with Gasteiger partial charge in [0.1, 0.15) is 0 Å². The zero-order valence-electron chi connectivity index (χ0n) is 4.22. The lowest BCUT2D eigenvalue weighted by Crippen LogP contribution is -2.09. The zero-order chi connectivity index (χ0) is 6.41. The van der Waals surface area contributed by atoms with Gasteiger partial charge in [-0.25, -0.2) is 4.79 Å². The van der Waals surface area contributed by atoms with Crippen molar-refractivity contribution in [1.82, 2.24) is 0 Å². The molecule has 1 radical (unpaired) electrons. The first-order chi connectivity index (χ1) is 3.81. The summed E-state index contributed by atoms with van der Waals surface area (Å²) in [7, 11) is 0. The molecule has 0 atom stereocenters. The van der Waals surface area contributed by atoms with E-state index in [-0.39, 0.29) is 13.0 Å². The minimum absolute atomic E-state index is 0.0647. The molecule has 0 aliphatic rings. The van der Waals surface area contributed by atoms with Crippen LogP contribution in [0.4, 0.5) is 0 Å². The van der Waals surface area contributed by atoms with E-state index < -0.39 is 5.97 Å².